The van der Waals surface area contributed by atoms with Gasteiger partial charge in [-0.25, -0.2) is 9.97 Å². The fourth-order valence-corrected chi connectivity index (χ4v) is 1.47. The average Bonchev–Trinajstić information content (AvgIpc) is 3.03. The zero-order valence-corrected chi connectivity index (χ0v) is 8.20. The summed E-state index contributed by atoms with van der Waals surface area (Å²) in [7, 11) is 0. The zero-order chi connectivity index (χ0) is 10.8. The molecule has 3 aromatic heterocycles. The smallest absolute Gasteiger partial charge is 0.245 e. The van der Waals surface area contributed by atoms with Gasteiger partial charge in [0.05, 0.1) is 6.20 Å². The fourth-order valence-electron chi connectivity index (χ4n) is 1.47. The van der Waals surface area contributed by atoms with Crippen LogP contribution in [0.4, 0.5) is 0 Å². The Labute approximate surface area is 90.8 Å². The van der Waals surface area contributed by atoms with Gasteiger partial charge in [-0.2, -0.15) is 0 Å². The normalized spacial score (nSPS) is 10.5. The second kappa shape index (κ2) is 3.62. The van der Waals surface area contributed by atoms with E-state index in [0.29, 0.717) is 17.3 Å². The monoisotopic (exact) mass is 213 g/mol. The molecule has 0 bridgehead atoms. The minimum Gasteiger partial charge on any atom is -0.451 e. The molecule has 16 heavy (non-hydrogen) atoms. The lowest BCUT2D eigenvalue weighted by molar-refractivity contribution is 0.558. The summed E-state index contributed by atoms with van der Waals surface area (Å²) < 4.78 is 10.2. The molecule has 0 fully saturated rings. The van der Waals surface area contributed by atoms with Crippen LogP contribution in [-0.2, 0) is 0 Å². The first-order chi connectivity index (χ1) is 7.95. The molecule has 0 unspecified atom stereocenters. The third-order valence-corrected chi connectivity index (χ3v) is 2.15. The molecule has 0 N–H and O–H groups in total. The molecule has 3 aromatic rings. The van der Waals surface area contributed by atoms with Crippen molar-refractivity contribution in [3.05, 3.63) is 43.4 Å². The minimum absolute atomic E-state index is 0.471. The van der Waals surface area contributed by atoms with Gasteiger partial charge in [0.1, 0.15) is 23.9 Å². The van der Waals surface area contributed by atoms with E-state index in [1.54, 1.807) is 18.7 Å². The van der Waals surface area contributed by atoms with Gasteiger partial charge in [0.2, 0.25) is 5.89 Å². The standard InChI is InChI=1S/C11H7N3O2/c1-2-8(9-6-15-7-14-9)10(12-3-1)11-13-4-5-16-11/h1-7H. The Kier molecular flexibility index (Phi) is 2.00. The molecule has 0 aliphatic heterocycles. The number of hydrogen-bond donors (Lipinski definition) is 0. The van der Waals surface area contributed by atoms with Gasteiger partial charge in [-0.15, -0.1) is 0 Å². The van der Waals surface area contributed by atoms with E-state index in [1.807, 2.05) is 12.1 Å². The molecule has 5 nitrogen and oxygen atoms in total. The largest absolute Gasteiger partial charge is 0.451 e. The Balaban J connectivity index is 2.19. The first-order valence-electron chi connectivity index (χ1n) is 4.68. The van der Waals surface area contributed by atoms with Crippen molar-refractivity contribution in [1.82, 2.24) is 15.0 Å². The summed E-state index contributed by atoms with van der Waals surface area (Å²) in [4.78, 5) is 12.4. The van der Waals surface area contributed by atoms with Crippen LogP contribution in [0.25, 0.3) is 22.8 Å². The number of aromatic nitrogens is 3. The fraction of sp³-hybridized carbons (Fsp3) is 0. The minimum atomic E-state index is 0.471. The maximum atomic E-state index is 5.23. The van der Waals surface area contributed by atoms with Gasteiger partial charge in [-0.1, -0.05) is 0 Å². The maximum absolute atomic E-state index is 5.23. The Morgan fingerprint density at radius 2 is 2.06 bits per heavy atom. The molecule has 0 atom stereocenters. The van der Waals surface area contributed by atoms with Crippen LogP contribution in [0.1, 0.15) is 0 Å². The molecular weight excluding hydrogens is 206 g/mol. The van der Waals surface area contributed by atoms with Crippen molar-refractivity contribution in [3.8, 4) is 22.8 Å². The first-order valence-corrected chi connectivity index (χ1v) is 4.68. The van der Waals surface area contributed by atoms with Gasteiger partial charge in [-0.05, 0) is 12.1 Å². The molecule has 0 aliphatic rings. The highest BCUT2D eigenvalue weighted by Crippen LogP contribution is 2.27. The zero-order valence-electron chi connectivity index (χ0n) is 8.20. The second-order valence-electron chi connectivity index (χ2n) is 3.11. The van der Waals surface area contributed by atoms with Crippen molar-refractivity contribution in [3.63, 3.8) is 0 Å². The Morgan fingerprint density at radius 3 is 2.81 bits per heavy atom. The van der Waals surface area contributed by atoms with Crippen molar-refractivity contribution in [2.75, 3.05) is 0 Å². The summed E-state index contributed by atoms with van der Waals surface area (Å²) in [6.45, 7) is 0. The highest BCUT2D eigenvalue weighted by Gasteiger charge is 2.13. The summed E-state index contributed by atoms with van der Waals surface area (Å²) in [6.07, 6.45) is 7.71. The van der Waals surface area contributed by atoms with Crippen molar-refractivity contribution >= 4 is 0 Å². The van der Waals surface area contributed by atoms with Gasteiger partial charge < -0.3 is 8.83 Å². The Bertz CT molecular complexity index is 520. The van der Waals surface area contributed by atoms with Gasteiger partial charge in [-0.3, -0.25) is 4.98 Å². The summed E-state index contributed by atoms with van der Waals surface area (Å²) in [5.74, 6) is 0.471. The van der Waals surface area contributed by atoms with Crippen molar-refractivity contribution in [2.45, 2.75) is 0 Å². The molecule has 0 aromatic carbocycles. The molecule has 78 valence electrons. The van der Waals surface area contributed by atoms with Crippen LogP contribution in [0.2, 0.25) is 0 Å². The van der Waals surface area contributed by atoms with E-state index >= 15 is 0 Å². The molecule has 0 spiro atoms. The topological polar surface area (TPSA) is 65.0 Å². The Morgan fingerprint density at radius 1 is 1.06 bits per heavy atom. The molecule has 3 heterocycles. The van der Waals surface area contributed by atoms with Crippen LogP contribution in [-0.4, -0.2) is 15.0 Å². The van der Waals surface area contributed by atoms with E-state index < -0.39 is 0 Å². The summed E-state index contributed by atoms with van der Waals surface area (Å²) in [5, 5.41) is 0. The van der Waals surface area contributed by atoms with E-state index in [0.717, 1.165) is 5.56 Å². The predicted molar refractivity (Wildman–Crippen MR) is 55.2 cm³/mol. The maximum Gasteiger partial charge on any atom is 0.245 e. The van der Waals surface area contributed by atoms with Crippen LogP contribution < -0.4 is 0 Å². The van der Waals surface area contributed by atoms with Gasteiger partial charge in [0.15, 0.2) is 6.39 Å². The van der Waals surface area contributed by atoms with Gasteiger partial charge in [0, 0.05) is 11.8 Å². The summed E-state index contributed by atoms with van der Waals surface area (Å²) >= 11 is 0. The molecule has 5 heteroatoms. The van der Waals surface area contributed by atoms with Crippen LogP contribution in [0.15, 0.2) is 52.3 Å². The molecule has 3 rings (SSSR count). The number of hydrogen-bond acceptors (Lipinski definition) is 5. The van der Waals surface area contributed by atoms with E-state index in [1.165, 1.54) is 12.7 Å². The van der Waals surface area contributed by atoms with Gasteiger partial charge >= 0.3 is 0 Å². The van der Waals surface area contributed by atoms with E-state index in [9.17, 15) is 0 Å². The number of oxazole rings is 2. The van der Waals surface area contributed by atoms with E-state index in [-0.39, 0.29) is 0 Å². The summed E-state index contributed by atoms with van der Waals surface area (Å²) in [6, 6.07) is 3.72. The molecule has 0 amide bonds. The molecular formula is C11H7N3O2. The third kappa shape index (κ3) is 1.38. The van der Waals surface area contributed by atoms with Crippen LogP contribution >= 0.6 is 0 Å². The second-order valence-corrected chi connectivity index (χ2v) is 3.11. The summed E-state index contributed by atoms with van der Waals surface area (Å²) in [5.41, 5.74) is 2.20. The van der Waals surface area contributed by atoms with E-state index in [4.69, 9.17) is 8.83 Å². The molecule has 0 aliphatic carbocycles. The predicted octanol–water partition coefficient (Wildman–Crippen LogP) is 2.39. The van der Waals surface area contributed by atoms with Crippen LogP contribution in [0.3, 0.4) is 0 Å². The van der Waals surface area contributed by atoms with Crippen LogP contribution in [0, 0.1) is 0 Å². The van der Waals surface area contributed by atoms with E-state index in [2.05, 4.69) is 15.0 Å². The number of pyridine rings is 1. The Hall–Kier alpha value is -2.43. The van der Waals surface area contributed by atoms with Crippen molar-refractivity contribution in [1.29, 1.82) is 0 Å². The first kappa shape index (κ1) is 8.84. The molecule has 0 saturated carbocycles. The lowest BCUT2D eigenvalue weighted by Gasteiger charge is -2.00. The highest BCUT2D eigenvalue weighted by molar-refractivity contribution is 5.73. The SMILES string of the molecule is c1cnc(-c2ncco2)c(-c2cocn2)c1. The number of rotatable bonds is 2. The molecule has 0 saturated heterocycles. The highest BCUT2D eigenvalue weighted by atomic mass is 16.3. The lowest BCUT2D eigenvalue weighted by atomic mass is 10.1. The lowest BCUT2D eigenvalue weighted by Crippen LogP contribution is -1.88. The van der Waals surface area contributed by atoms with Gasteiger partial charge in [0.25, 0.3) is 0 Å². The van der Waals surface area contributed by atoms with Crippen molar-refractivity contribution < 1.29 is 8.83 Å². The number of nitrogens with zero attached hydrogens (tertiary/aromatic N) is 3. The molecule has 0 radical (unpaired) electrons. The van der Waals surface area contributed by atoms with Crippen LogP contribution in [0.5, 0.6) is 0 Å². The van der Waals surface area contributed by atoms with Crippen molar-refractivity contribution in [2.24, 2.45) is 0 Å². The third-order valence-electron chi connectivity index (χ3n) is 2.15. The quantitative estimate of drug-likeness (QED) is 0.653. The average molecular weight is 213 g/mol.